The second-order valence-electron chi connectivity index (χ2n) is 4.78. The second kappa shape index (κ2) is 5.25. The van der Waals surface area contributed by atoms with Gasteiger partial charge in [-0.3, -0.25) is 9.59 Å². The number of carbonyl (C=O) groups excluding carboxylic acids is 2. The number of likely N-dealkylation sites (tertiary alicyclic amines) is 1. The molecule has 1 aliphatic rings. The van der Waals surface area contributed by atoms with E-state index in [0.29, 0.717) is 13.0 Å². The van der Waals surface area contributed by atoms with Gasteiger partial charge >= 0.3 is 0 Å². The molecule has 2 amide bonds. The SMILES string of the molecule is CN(C)C(=O)C1CCCN1C(=O)Cn1cnc(N)n1. The Bertz CT molecular complexity index is 483. The van der Waals surface area contributed by atoms with E-state index in [2.05, 4.69) is 10.1 Å². The van der Waals surface area contributed by atoms with E-state index in [1.807, 2.05) is 0 Å². The van der Waals surface area contributed by atoms with Gasteiger partial charge in [-0.25, -0.2) is 9.67 Å². The highest BCUT2D eigenvalue weighted by atomic mass is 16.2. The number of amides is 2. The molecule has 0 radical (unpaired) electrons. The number of aromatic nitrogens is 3. The summed E-state index contributed by atoms with van der Waals surface area (Å²) in [6, 6.07) is -0.358. The van der Waals surface area contributed by atoms with Gasteiger partial charge in [0, 0.05) is 20.6 Å². The molecule has 0 bridgehead atoms. The lowest BCUT2D eigenvalue weighted by molar-refractivity contribution is -0.142. The summed E-state index contributed by atoms with van der Waals surface area (Å²) in [5.74, 6) is -0.0401. The summed E-state index contributed by atoms with van der Waals surface area (Å²) in [5.41, 5.74) is 5.39. The van der Waals surface area contributed by atoms with Crippen LogP contribution in [0, 0.1) is 0 Å². The van der Waals surface area contributed by atoms with Crippen LogP contribution in [0.3, 0.4) is 0 Å². The molecule has 1 saturated heterocycles. The maximum absolute atomic E-state index is 12.2. The van der Waals surface area contributed by atoms with Crippen LogP contribution >= 0.6 is 0 Å². The van der Waals surface area contributed by atoms with E-state index in [9.17, 15) is 9.59 Å². The maximum Gasteiger partial charge on any atom is 0.245 e. The average Bonchev–Trinajstić information content (AvgIpc) is 2.96. The molecule has 1 aromatic rings. The molecule has 1 atom stereocenters. The number of hydrogen-bond acceptors (Lipinski definition) is 5. The molecule has 1 fully saturated rings. The normalized spacial score (nSPS) is 18.6. The predicted molar refractivity (Wildman–Crippen MR) is 67.9 cm³/mol. The summed E-state index contributed by atoms with van der Waals surface area (Å²) in [7, 11) is 3.39. The highest BCUT2D eigenvalue weighted by molar-refractivity contribution is 5.87. The van der Waals surface area contributed by atoms with Crippen LogP contribution in [-0.2, 0) is 16.1 Å². The molecule has 2 rings (SSSR count). The average molecular weight is 266 g/mol. The fraction of sp³-hybridized carbons (Fsp3) is 0.636. The number of nitrogen functional groups attached to an aromatic ring is 1. The second-order valence-corrected chi connectivity index (χ2v) is 4.78. The number of rotatable bonds is 3. The summed E-state index contributed by atoms with van der Waals surface area (Å²) in [5, 5.41) is 3.87. The van der Waals surface area contributed by atoms with Gasteiger partial charge in [0.1, 0.15) is 18.9 Å². The van der Waals surface area contributed by atoms with Crippen molar-refractivity contribution in [2.45, 2.75) is 25.4 Å². The Hall–Kier alpha value is -2.12. The summed E-state index contributed by atoms with van der Waals surface area (Å²) >= 11 is 0. The summed E-state index contributed by atoms with van der Waals surface area (Å²) in [4.78, 5) is 31.1. The Morgan fingerprint density at radius 1 is 1.53 bits per heavy atom. The van der Waals surface area contributed by atoms with Crippen molar-refractivity contribution in [3.63, 3.8) is 0 Å². The van der Waals surface area contributed by atoms with Gasteiger partial charge in [-0.1, -0.05) is 0 Å². The molecule has 0 aliphatic carbocycles. The van der Waals surface area contributed by atoms with Crippen molar-refractivity contribution < 1.29 is 9.59 Å². The van der Waals surface area contributed by atoms with Gasteiger partial charge in [0.25, 0.3) is 0 Å². The van der Waals surface area contributed by atoms with Crippen LogP contribution in [0.25, 0.3) is 0 Å². The third-order valence-corrected chi connectivity index (χ3v) is 3.15. The van der Waals surface area contributed by atoms with Gasteiger partial charge in [-0.05, 0) is 12.8 Å². The van der Waals surface area contributed by atoms with E-state index in [4.69, 9.17) is 5.73 Å². The number of nitrogens with zero attached hydrogens (tertiary/aromatic N) is 5. The molecule has 1 aliphatic heterocycles. The largest absolute Gasteiger partial charge is 0.367 e. The van der Waals surface area contributed by atoms with Crippen molar-refractivity contribution in [2.75, 3.05) is 26.4 Å². The third kappa shape index (κ3) is 2.83. The molecule has 0 aromatic carbocycles. The van der Waals surface area contributed by atoms with Crippen LogP contribution in [0.1, 0.15) is 12.8 Å². The zero-order chi connectivity index (χ0) is 14.0. The lowest BCUT2D eigenvalue weighted by Crippen LogP contribution is -2.46. The topological polar surface area (TPSA) is 97.4 Å². The highest BCUT2D eigenvalue weighted by Gasteiger charge is 2.34. The number of nitrogens with two attached hydrogens (primary N) is 1. The zero-order valence-electron chi connectivity index (χ0n) is 11.1. The Morgan fingerprint density at radius 3 is 2.84 bits per heavy atom. The Kier molecular flexibility index (Phi) is 3.68. The molecule has 19 heavy (non-hydrogen) atoms. The number of likely N-dealkylation sites (N-methyl/N-ethyl adjacent to an activating group) is 1. The monoisotopic (exact) mass is 266 g/mol. The summed E-state index contributed by atoms with van der Waals surface area (Å²) < 4.78 is 1.38. The quantitative estimate of drug-likeness (QED) is 0.752. The molecule has 104 valence electrons. The van der Waals surface area contributed by atoms with Crippen molar-refractivity contribution in [2.24, 2.45) is 0 Å². The molecule has 0 saturated carbocycles. The first kappa shape index (κ1) is 13.3. The first-order valence-electron chi connectivity index (χ1n) is 6.14. The first-order chi connectivity index (χ1) is 8.99. The molecule has 1 unspecified atom stereocenters. The number of carbonyl (C=O) groups is 2. The molecular weight excluding hydrogens is 248 g/mol. The van der Waals surface area contributed by atoms with E-state index in [1.54, 1.807) is 19.0 Å². The van der Waals surface area contributed by atoms with E-state index < -0.39 is 0 Å². The van der Waals surface area contributed by atoms with Crippen molar-refractivity contribution in [3.05, 3.63) is 6.33 Å². The standard InChI is InChI=1S/C11H18N6O2/c1-15(2)10(19)8-4-3-5-17(8)9(18)6-16-7-13-11(12)14-16/h7-8H,3-6H2,1-2H3,(H2,12,14). The van der Waals surface area contributed by atoms with Crippen LogP contribution in [0.2, 0.25) is 0 Å². The minimum atomic E-state index is -0.358. The van der Waals surface area contributed by atoms with Crippen molar-refractivity contribution in [1.29, 1.82) is 0 Å². The van der Waals surface area contributed by atoms with Gasteiger partial charge in [0.15, 0.2) is 0 Å². The first-order valence-corrected chi connectivity index (χ1v) is 6.14. The predicted octanol–water partition coefficient (Wildman–Crippen LogP) is -1.06. The number of hydrogen-bond donors (Lipinski definition) is 1. The van der Waals surface area contributed by atoms with E-state index in [1.165, 1.54) is 15.9 Å². The lowest BCUT2D eigenvalue weighted by Gasteiger charge is -2.26. The van der Waals surface area contributed by atoms with E-state index in [-0.39, 0.29) is 30.3 Å². The molecule has 8 heteroatoms. The van der Waals surface area contributed by atoms with E-state index in [0.717, 1.165) is 6.42 Å². The van der Waals surface area contributed by atoms with Crippen LogP contribution in [0.15, 0.2) is 6.33 Å². The summed E-state index contributed by atoms with van der Waals surface area (Å²) in [6.07, 6.45) is 2.96. The molecule has 8 nitrogen and oxygen atoms in total. The van der Waals surface area contributed by atoms with Gasteiger partial charge in [-0.2, -0.15) is 0 Å². The Labute approximate surface area is 111 Å². The van der Waals surface area contributed by atoms with Crippen molar-refractivity contribution in [1.82, 2.24) is 24.6 Å². The lowest BCUT2D eigenvalue weighted by atomic mass is 10.2. The Balaban J connectivity index is 2.03. The van der Waals surface area contributed by atoms with Gasteiger partial charge in [0.2, 0.25) is 17.8 Å². The smallest absolute Gasteiger partial charge is 0.245 e. The molecule has 2 N–H and O–H groups in total. The minimum Gasteiger partial charge on any atom is -0.367 e. The zero-order valence-corrected chi connectivity index (χ0v) is 11.1. The minimum absolute atomic E-state index is 0.0380. The summed E-state index contributed by atoms with van der Waals surface area (Å²) in [6.45, 7) is 0.661. The Morgan fingerprint density at radius 2 is 2.26 bits per heavy atom. The van der Waals surface area contributed by atoms with Gasteiger partial charge < -0.3 is 15.5 Å². The van der Waals surface area contributed by atoms with Gasteiger partial charge in [0.05, 0.1) is 0 Å². The molecule has 0 spiro atoms. The van der Waals surface area contributed by atoms with Crippen LogP contribution < -0.4 is 5.73 Å². The van der Waals surface area contributed by atoms with Crippen molar-refractivity contribution >= 4 is 17.8 Å². The maximum atomic E-state index is 12.2. The molecular formula is C11H18N6O2. The van der Waals surface area contributed by atoms with Gasteiger partial charge in [-0.15, -0.1) is 5.10 Å². The van der Waals surface area contributed by atoms with Crippen LogP contribution in [-0.4, -0.2) is 63.1 Å². The van der Waals surface area contributed by atoms with E-state index >= 15 is 0 Å². The molecule has 1 aromatic heterocycles. The third-order valence-electron chi connectivity index (χ3n) is 3.15. The number of anilines is 1. The fourth-order valence-corrected chi connectivity index (χ4v) is 2.23. The fourth-order valence-electron chi connectivity index (χ4n) is 2.23. The van der Waals surface area contributed by atoms with Crippen LogP contribution in [0.5, 0.6) is 0 Å². The molecule has 2 heterocycles. The van der Waals surface area contributed by atoms with Crippen molar-refractivity contribution in [3.8, 4) is 0 Å². The van der Waals surface area contributed by atoms with Crippen LogP contribution in [0.4, 0.5) is 5.95 Å². The highest BCUT2D eigenvalue weighted by Crippen LogP contribution is 2.19.